The van der Waals surface area contributed by atoms with Crippen LogP contribution in [-0.2, 0) is 4.79 Å². The Morgan fingerprint density at radius 3 is 2.58 bits per heavy atom. The van der Waals surface area contributed by atoms with Crippen LogP contribution in [0.5, 0.6) is 0 Å². The summed E-state index contributed by atoms with van der Waals surface area (Å²) in [6.07, 6.45) is 9.91. The minimum atomic E-state index is 0.0775. The molecule has 2 fully saturated rings. The van der Waals surface area contributed by atoms with Crippen molar-refractivity contribution in [2.45, 2.75) is 90.4 Å². The molecule has 1 heterocycles. The van der Waals surface area contributed by atoms with Gasteiger partial charge in [-0.05, 0) is 38.5 Å². The van der Waals surface area contributed by atoms with Gasteiger partial charge in [0.2, 0.25) is 5.91 Å². The molecular weight excluding hydrogens is 236 g/mol. The van der Waals surface area contributed by atoms with E-state index < -0.39 is 0 Å². The number of unbranched alkanes of at least 4 members (excludes halogenated alkanes) is 1. The molecule has 1 saturated heterocycles. The molecule has 1 N–H and O–H groups in total. The summed E-state index contributed by atoms with van der Waals surface area (Å²) in [6.45, 7) is 6.64. The molecule has 0 aromatic carbocycles. The molecule has 0 spiro atoms. The van der Waals surface area contributed by atoms with E-state index in [9.17, 15) is 4.79 Å². The van der Waals surface area contributed by atoms with E-state index >= 15 is 0 Å². The van der Waals surface area contributed by atoms with Gasteiger partial charge in [-0.2, -0.15) is 0 Å². The van der Waals surface area contributed by atoms with Crippen molar-refractivity contribution >= 4 is 5.91 Å². The van der Waals surface area contributed by atoms with Gasteiger partial charge in [0.25, 0.3) is 0 Å². The van der Waals surface area contributed by atoms with Gasteiger partial charge in [0.1, 0.15) is 0 Å². The molecule has 3 unspecified atom stereocenters. The highest BCUT2D eigenvalue weighted by Crippen LogP contribution is 2.33. The van der Waals surface area contributed by atoms with Crippen LogP contribution in [0.3, 0.4) is 0 Å². The van der Waals surface area contributed by atoms with E-state index in [2.05, 4.69) is 31.0 Å². The maximum absolute atomic E-state index is 12.6. The zero-order valence-electron chi connectivity index (χ0n) is 12.8. The Bertz CT molecular complexity index is 299. The number of carbonyl (C=O) groups is 1. The molecule has 1 aliphatic carbocycles. The number of carbonyl (C=O) groups excluding carboxylic acids is 1. The predicted octanol–water partition coefficient (Wildman–Crippen LogP) is 3.29. The lowest BCUT2D eigenvalue weighted by molar-refractivity contribution is -0.133. The number of nitrogens with zero attached hydrogens (tertiary/aromatic N) is 1. The summed E-state index contributed by atoms with van der Waals surface area (Å²) in [7, 11) is 0. The van der Waals surface area contributed by atoms with E-state index in [-0.39, 0.29) is 12.2 Å². The third-order valence-corrected chi connectivity index (χ3v) is 5.04. The lowest BCUT2D eigenvalue weighted by atomic mass is 9.97. The monoisotopic (exact) mass is 266 g/mol. The molecule has 1 aliphatic heterocycles. The average Bonchev–Trinajstić information content (AvgIpc) is 3.04. The van der Waals surface area contributed by atoms with Crippen molar-refractivity contribution < 1.29 is 4.79 Å². The van der Waals surface area contributed by atoms with Crippen LogP contribution >= 0.6 is 0 Å². The minimum Gasteiger partial charge on any atom is -0.323 e. The zero-order valence-corrected chi connectivity index (χ0v) is 12.8. The topological polar surface area (TPSA) is 32.3 Å². The number of rotatable bonds is 6. The van der Waals surface area contributed by atoms with E-state index in [0.29, 0.717) is 11.9 Å². The van der Waals surface area contributed by atoms with Crippen LogP contribution in [0.15, 0.2) is 0 Å². The van der Waals surface area contributed by atoms with Gasteiger partial charge in [-0.15, -0.1) is 0 Å². The predicted molar refractivity (Wildman–Crippen MR) is 78.8 cm³/mol. The first-order valence-corrected chi connectivity index (χ1v) is 8.27. The second-order valence-corrected chi connectivity index (χ2v) is 6.32. The number of nitrogens with one attached hydrogen (secondary N) is 1. The molecule has 3 atom stereocenters. The molecule has 0 bridgehead atoms. The van der Waals surface area contributed by atoms with Crippen molar-refractivity contribution in [3.63, 3.8) is 0 Å². The summed E-state index contributed by atoms with van der Waals surface area (Å²) < 4.78 is 0. The Morgan fingerprint density at radius 1 is 1.32 bits per heavy atom. The second kappa shape index (κ2) is 6.74. The molecule has 2 aliphatic rings. The maximum atomic E-state index is 12.6. The van der Waals surface area contributed by atoms with Crippen LogP contribution in [0.1, 0.15) is 72.1 Å². The first kappa shape index (κ1) is 14.8. The summed E-state index contributed by atoms with van der Waals surface area (Å²) in [5, 5.41) is 3.56. The van der Waals surface area contributed by atoms with Crippen LogP contribution in [-0.4, -0.2) is 29.1 Å². The lowest BCUT2D eigenvalue weighted by Gasteiger charge is -2.33. The van der Waals surface area contributed by atoms with Crippen molar-refractivity contribution in [3.05, 3.63) is 0 Å². The lowest BCUT2D eigenvalue weighted by Crippen LogP contribution is -2.45. The minimum absolute atomic E-state index is 0.0775. The normalized spacial score (nSPS) is 30.3. The highest BCUT2D eigenvalue weighted by Gasteiger charge is 2.42. The van der Waals surface area contributed by atoms with Gasteiger partial charge in [-0.1, -0.05) is 39.5 Å². The molecule has 110 valence electrons. The Hall–Kier alpha value is -0.570. The Morgan fingerprint density at radius 2 is 2.00 bits per heavy atom. The van der Waals surface area contributed by atoms with E-state index in [1.807, 2.05) is 0 Å². The smallest absolute Gasteiger partial charge is 0.241 e. The molecule has 19 heavy (non-hydrogen) atoms. The number of hydrogen-bond acceptors (Lipinski definition) is 2. The zero-order chi connectivity index (χ0) is 13.8. The highest BCUT2D eigenvalue weighted by molar-refractivity contribution is 5.84. The van der Waals surface area contributed by atoms with Gasteiger partial charge in [-0.25, -0.2) is 0 Å². The quantitative estimate of drug-likeness (QED) is 0.800. The van der Waals surface area contributed by atoms with Gasteiger partial charge in [0.05, 0.1) is 12.2 Å². The first-order chi connectivity index (χ1) is 9.19. The van der Waals surface area contributed by atoms with Crippen LogP contribution in [0.4, 0.5) is 0 Å². The Kier molecular flexibility index (Phi) is 5.26. The second-order valence-electron chi connectivity index (χ2n) is 6.32. The number of amides is 1. The van der Waals surface area contributed by atoms with Crippen molar-refractivity contribution in [1.82, 2.24) is 10.2 Å². The summed E-state index contributed by atoms with van der Waals surface area (Å²) in [6, 6.07) is 0.493. The summed E-state index contributed by atoms with van der Waals surface area (Å²) in [4.78, 5) is 14.8. The first-order valence-electron chi connectivity index (χ1n) is 8.27. The van der Waals surface area contributed by atoms with Gasteiger partial charge in [-0.3, -0.25) is 10.1 Å². The molecule has 2 rings (SSSR count). The standard InChI is InChI=1S/C16H30N2O/c1-4-6-11-14-16(19)18(15(5-2)17-14)12(3)13-9-7-8-10-13/h12-15,17H,4-11H2,1-3H3. The van der Waals surface area contributed by atoms with Crippen molar-refractivity contribution in [3.8, 4) is 0 Å². The molecular formula is C16H30N2O. The molecule has 1 saturated carbocycles. The fourth-order valence-corrected chi connectivity index (χ4v) is 3.80. The van der Waals surface area contributed by atoms with E-state index in [1.165, 1.54) is 32.1 Å². The van der Waals surface area contributed by atoms with Gasteiger partial charge < -0.3 is 4.90 Å². The van der Waals surface area contributed by atoms with Crippen LogP contribution in [0, 0.1) is 5.92 Å². The Labute approximate surface area is 118 Å². The fourth-order valence-electron chi connectivity index (χ4n) is 3.80. The van der Waals surface area contributed by atoms with Crippen molar-refractivity contribution in [1.29, 1.82) is 0 Å². The van der Waals surface area contributed by atoms with Gasteiger partial charge in [0, 0.05) is 6.04 Å². The third-order valence-electron chi connectivity index (χ3n) is 5.04. The van der Waals surface area contributed by atoms with Crippen LogP contribution in [0.2, 0.25) is 0 Å². The molecule has 3 nitrogen and oxygen atoms in total. The van der Waals surface area contributed by atoms with Gasteiger partial charge in [0.15, 0.2) is 0 Å². The van der Waals surface area contributed by atoms with E-state index in [4.69, 9.17) is 0 Å². The van der Waals surface area contributed by atoms with E-state index in [1.54, 1.807) is 0 Å². The third kappa shape index (κ3) is 3.13. The van der Waals surface area contributed by atoms with E-state index in [0.717, 1.165) is 25.2 Å². The number of hydrogen-bond donors (Lipinski definition) is 1. The summed E-state index contributed by atoms with van der Waals surface area (Å²) in [5.74, 6) is 1.09. The highest BCUT2D eigenvalue weighted by atomic mass is 16.2. The van der Waals surface area contributed by atoms with Crippen LogP contribution in [0.25, 0.3) is 0 Å². The fraction of sp³-hybridized carbons (Fsp3) is 0.938. The van der Waals surface area contributed by atoms with Gasteiger partial charge >= 0.3 is 0 Å². The summed E-state index contributed by atoms with van der Waals surface area (Å²) in [5.41, 5.74) is 0. The van der Waals surface area contributed by atoms with Crippen molar-refractivity contribution in [2.75, 3.05) is 0 Å². The molecule has 0 aromatic heterocycles. The average molecular weight is 266 g/mol. The SMILES string of the molecule is CCCCC1NC(CC)N(C(C)C2CCCC2)C1=O. The van der Waals surface area contributed by atoms with Crippen molar-refractivity contribution in [2.24, 2.45) is 5.92 Å². The Balaban J connectivity index is 2.02. The molecule has 3 heteroatoms. The van der Waals surface area contributed by atoms with Crippen LogP contribution < -0.4 is 5.32 Å². The molecule has 0 radical (unpaired) electrons. The largest absolute Gasteiger partial charge is 0.323 e. The summed E-state index contributed by atoms with van der Waals surface area (Å²) >= 11 is 0. The molecule has 1 amide bonds. The molecule has 0 aromatic rings. The maximum Gasteiger partial charge on any atom is 0.241 e.